The van der Waals surface area contributed by atoms with E-state index >= 15 is 0 Å². The van der Waals surface area contributed by atoms with Gasteiger partial charge in [0.15, 0.2) is 0 Å². The zero-order valence-electron chi connectivity index (χ0n) is 16.0. The first-order valence-corrected chi connectivity index (χ1v) is 10.4. The number of nitrogens with zero attached hydrogens (tertiary/aromatic N) is 1. The summed E-state index contributed by atoms with van der Waals surface area (Å²) < 4.78 is 0. The molecule has 0 aromatic heterocycles. The monoisotopic (exact) mass is 349 g/mol. The van der Waals surface area contributed by atoms with Gasteiger partial charge in [0, 0.05) is 5.92 Å². The van der Waals surface area contributed by atoms with Gasteiger partial charge in [-0.3, -0.25) is 0 Å². The van der Waals surface area contributed by atoms with E-state index in [-0.39, 0.29) is 23.0 Å². The predicted octanol–water partition coefficient (Wildman–Crippen LogP) is 3.83. The Morgan fingerprint density at radius 1 is 1.08 bits per heavy atom. The maximum atomic E-state index is 10.3. The number of fused-ring (bicyclic) bond motifs is 5. The molecule has 0 radical (unpaired) electrons. The van der Waals surface area contributed by atoms with Crippen LogP contribution < -0.4 is 0 Å². The maximum absolute atomic E-state index is 10.3. The van der Waals surface area contributed by atoms with E-state index in [1.165, 1.54) is 19.3 Å². The van der Waals surface area contributed by atoms with Crippen LogP contribution in [0, 0.1) is 40.4 Å². The van der Waals surface area contributed by atoms with Gasteiger partial charge in [-0.2, -0.15) is 0 Å². The van der Waals surface area contributed by atoms with Crippen LogP contribution >= 0.6 is 0 Å². The number of hydrogen-bond donors (Lipinski definition) is 3. The van der Waals surface area contributed by atoms with E-state index < -0.39 is 0 Å². The first kappa shape index (κ1) is 17.8. The summed E-state index contributed by atoms with van der Waals surface area (Å²) in [6.45, 7) is 6.67. The van der Waals surface area contributed by atoms with Crippen LogP contribution in [0.2, 0.25) is 0 Å². The summed E-state index contributed by atoms with van der Waals surface area (Å²) in [7, 11) is 0. The van der Waals surface area contributed by atoms with Gasteiger partial charge in [0.1, 0.15) is 0 Å². The van der Waals surface area contributed by atoms with Crippen LogP contribution in [0.1, 0.15) is 72.1 Å². The third kappa shape index (κ3) is 2.43. The number of oxime groups is 1. The highest BCUT2D eigenvalue weighted by Crippen LogP contribution is 2.66. The van der Waals surface area contributed by atoms with Crippen molar-refractivity contribution in [3.8, 4) is 0 Å². The molecule has 0 bridgehead atoms. The van der Waals surface area contributed by atoms with E-state index in [4.69, 9.17) is 0 Å². The molecule has 0 spiro atoms. The van der Waals surface area contributed by atoms with E-state index in [0.29, 0.717) is 29.6 Å². The molecule has 4 nitrogen and oxygen atoms in total. The first-order valence-electron chi connectivity index (χ1n) is 10.4. The molecule has 142 valence electrons. The highest BCUT2D eigenvalue weighted by molar-refractivity contribution is 5.89. The summed E-state index contributed by atoms with van der Waals surface area (Å²) in [5.74, 6) is 2.42. The second kappa shape index (κ2) is 5.95. The molecular formula is C21H35NO3. The van der Waals surface area contributed by atoms with Crippen LogP contribution in [-0.2, 0) is 0 Å². The second-order valence-electron chi connectivity index (χ2n) is 10.2. The van der Waals surface area contributed by atoms with Crippen LogP contribution in [0.4, 0.5) is 0 Å². The molecule has 4 saturated carbocycles. The van der Waals surface area contributed by atoms with Crippen LogP contribution in [-0.4, -0.2) is 33.3 Å². The zero-order valence-corrected chi connectivity index (χ0v) is 16.0. The molecule has 0 heterocycles. The lowest BCUT2D eigenvalue weighted by Gasteiger charge is -2.60. The van der Waals surface area contributed by atoms with Crippen molar-refractivity contribution in [1.29, 1.82) is 0 Å². The normalized spacial score (nSPS) is 55.3. The topological polar surface area (TPSA) is 73.0 Å². The van der Waals surface area contributed by atoms with Crippen molar-refractivity contribution >= 4 is 5.71 Å². The van der Waals surface area contributed by atoms with Crippen molar-refractivity contribution < 1.29 is 15.4 Å². The van der Waals surface area contributed by atoms with Gasteiger partial charge < -0.3 is 15.4 Å². The molecule has 4 heteroatoms. The van der Waals surface area contributed by atoms with Gasteiger partial charge in [-0.05, 0) is 92.8 Å². The Bertz CT molecular complexity index is 561. The SMILES string of the molecule is C[C@H](O)[C@@H]1CC[C@@H]2[C@@H]3CC[C@@H]4C[C@H](O)CC[C@]4(C)[C@H]3/C(=N/O)C[C@]21C. The maximum Gasteiger partial charge on any atom is 0.0615 e. The van der Waals surface area contributed by atoms with E-state index in [9.17, 15) is 15.4 Å². The smallest absolute Gasteiger partial charge is 0.0615 e. The number of hydrogen-bond acceptors (Lipinski definition) is 4. The summed E-state index contributed by atoms with van der Waals surface area (Å²) in [6.07, 6.45) is 7.91. The van der Waals surface area contributed by atoms with Crippen molar-refractivity contribution in [3.05, 3.63) is 0 Å². The fourth-order valence-corrected chi connectivity index (χ4v) is 8.01. The predicted molar refractivity (Wildman–Crippen MR) is 97.5 cm³/mol. The average molecular weight is 350 g/mol. The molecular weight excluding hydrogens is 314 g/mol. The van der Waals surface area contributed by atoms with Crippen molar-refractivity contribution in [2.75, 3.05) is 0 Å². The van der Waals surface area contributed by atoms with E-state index in [2.05, 4.69) is 19.0 Å². The lowest BCUT2D eigenvalue weighted by atomic mass is 9.44. The number of aliphatic hydroxyl groups is 2. The van der Waals surface area contributed by atoms with Crippen LogP contribution in [0.25, 0.3) is 0 Å². The fourth-order valence-electron chi connectivity index (χ4n) is 8.01. The van der Waals surface area contributed by atoms with E-state index in [0.717, 1.165) is 37.8 Å². The molecule has 4 aliphatic rings. The molecule has 9 atom stereocenters. The van der Waals surface area contributed by atoms with Crippen LogP contribution in [0.3, 0.4) is 0 Å². The summed E-state index contributed by atoms with van der Waals surface area (Å²) in [5.41, 5.74) is 1.21. The Morgan fingerprint density at radius 3 is 2.52 bits per heavy atom. The Labute approximate surface area is 151 Å². The molecule has 0 unspecified atom stereocenters. The Kier molecular flexibility index (Phi) is 4.23. The molecule has 0 amide bonds. The number of rotatable bonds is 1. The fraction of sp³-hybridized carbons (Fsp3) is 0.952. The van der Waals surface area contributed by atoms with E-state index in [1.807, 2.05) is 6.92 Å². The van der Waals surface area contributed by atoms with Gasteiger partial charge in [-0.25, -0.2) is 0 Å². The minimum atomic E-state index is -0.289. The van der Waals surface area contributed by atoms with Gasteiger partial charge in [0.25, 0.3) is 0 Å². The molecule has 4 rings (SSSR count). The molecule has 0 aromatic rings. The minimum absolute atomic E-state index is 0.0638. The highest BCUT2D eigenvalue weighted by Gasteiger charge is 2.63. The largest absolute Gasteiger partial charge is 0.411 e. The molecule has 25 heavy (non-hydrogen) atoms. The van der Waals surface area contributed by atoms with Crippen molar-refractivity contribution in [1.82, 2.24) is 0 Å². The van der Waals surface area contributed by atoms with Crippen molar-refractivity contribution in [2.24, 2.45) is 45.6 Å². The number of aliphatic hydroxyl groups excluding tert-OH is 2. The highest BCUT2D eigenvalue weighted by atomic mass is 16.4. The minimum Gasteiger partial charge on any atom is -0.411 e. The quantitative estimate of drug-likeness (QED) is 0.497. The molecule has 0 aliphatic heterocycles. The molecule has 0 aromatic carbocycles. The summed E-state index contributed by atoms with van der Waals surface area (Å²) in [6, 6.07) is 0. The zero-order chi connectivity index (χ0) is 18.0. The van der Waals surface area contributed by atoms with Gasteiger partial charge in [0.05, 0.1) is 17.9 Å². The van der Waals surface area contributed by atoms with Crippen molar-refractivity contribution in [3.63, 3.8) is 0 Å². The Hall–Kier alpha value is -0.610. The van der Waals surface area contributed by atoms with Gasteiger partial charge >= 0.3 is 0 Å². The van der Waals surface area contributed by atoms with Gasteiger partial charge in [-0.1, -0.05) is 19.0 Å². The first-order chi connectivity index (χ1) is 11.8. The standard InChI is InChI=1S/C21H35NO3/c1-12(23)16-6-7-17-15-5-4-13-10-14(24)8-9-20(13,2)19(15)18(22-25)11-21(16,17)3/h12-17,19,23-25H,4-11H2,1-3H3/b22-18+/t12-,13+,14+,15-,16-,17+,19+,20-,21-/m0/s1. The Balaban J connectivity index is 1.71. The molecule has 4 aliphatic carbocycles. The van der Waals surface area contributed by atoms with Gasteiger partial charge in [-0.15, -0.1) is 0 Å². The van der Waals surface area contributed by atoms with Crippen LogP contribution in [0.5, 0.6) is 0 Å². The summed E-state index contributed by atoms with van der Waals surface area (Å²) in [4.78, 5) is 0. The second-order valence-corrected chi connectivity index (χ2v) is 10.2. The summed E-state index contributed by atoms with van der Waals surface area (Å²) in [5, 5.41) is 34.3. The van der Waals surface area contributed by atoms with Gasteiger partial charge in [0.2, 0.25) is 0 Å². The molecule has 3 N–H and O–H groups in total. The Morgan fingerprint density at radius 2 is 1.84 bits per heavy atom. The molecule has 4 fully saturated rings. The van der Waals surface area contributed by atoms with Crippen molar-refractivity contribution in [2.45, 2.75) is 84.3 Å². The average Bonchev–Trinajstić information content (AvgIpc) is 2.91. The third-order valence-electron chi connectivity index (χ3n) is 9.12. The summed E-state index contributed by atoms with van der Waals surface area (Å²) >= 11 is 0. The van der Waals surface area contributed by atoms with E-state index in [1.54, 1.807) is 0 Å². The van der Waals surface area contributed by atoms with Crippen LogP contribution in [0.15, 0.2) is 5.16 Å². The lowest BCUT2D eigenvalue weighted by Crippen LogP contribution is -2.58. The lowest BCUT2D eigenvalue weighted by molar-refractivity contribution is -0.0897. The molecule has 0 saturated heterocycles. The third-order valence-corrected chi connectivity index (χ3v) is 9.12.